The molecule has 0 heterocycles. The van der Waals surface area contributed by atoms with Crippen LogP contribution in [-0.4, -0.2) is 11.2 Å². The fraction of sp³-hybridized carbons (Fsp3) is 0.810. The maximum atomic E-state index is 10.1. The van der Waals surface area contributed by atoms with Gasteiger partial charge >= 0.3 is 0 Å². The molecule has 1 N–H and O–H groups in total. The summed E-state index contributed by atoms with van der Waals surface area (Å²) in [4.78, 5) is 0. The van der Waals surface area contributed by atoms with Gasteiger partial charge in [-0.15, -0.1) is 0 Å². The molecule has 1 nitrogen and oxygen atoms in total. The van der Waals surface area contributed by atoms with Gasteiger partial charge in [-0.2, -0.15) is 0 Å². The lowest BCUT2D eigenvalue weighted by atomic mass is 9.49. The standard InChI is InChI=1S/C21H32O/c1-4-14-6-8-18-17-7-5-15-13-16(22)9-11-21(15,3)19(17)10-12-20(14,18)2/h4,10,15-18,22H,5-9,11-13H2,1-3H3/b14-4-/t15-,16+,17?,18?,20?,21+/m1/s1. The highest BCUT2D eigenvalue weighted by molar-refractivity contribution is 5.34. The van der Waals surface area contributed by atoms with E-state index in [0.717, 1.165) is 30.6 Å². The Balaban J connectivity index is 1.71. The Hall–Kier alpha value is -0.560. The van der Waals surface area contributed by atoms with Crippen molar-refractivity contribution in [2.45, 2.75) is 78.2 Å². The zero-order valence-corrected chi connectivity index (χ0v) is 14.6. The number of fused-ring (bicyclic) bond motifs is 5. The van der Waals surface area contributed by atoms with E-state index in [2.05, 4.69) is 32.9 Å². The normalized spacial score (nSPS) is 52.7. The summed E-state index contributed by atoms with van der Waals surface area (Å²) in [6, 6.07) is 0. The number of aliphatic hydroxyl groups is 1. The molecule has 122 valence electrons. The fourth-order valence-corrected chi connectivity index (χ4v) is 6.83. The topological polar surface area (TPSA) is 20.2 Å². The van der Waals surface area contributed by atoms with Crippen molar-refractivity contribution in [1.29, 1.82) is 0 Å². The fourth-order valence-electron chi connectivity index (χ4n) is 6.83. The summed E-state index contributed by atoms with van der Waals surface area (Å²) in [5.74, 6) is 2.43. The Morgan fingerprint density at radius 3 is 2.73 bits per heavy atom. The predicted octanol–water partition coefficient (Wildman–Crippen LogP) is 5.26. The minimum atomic E-state index is -0.0369. The average Bonchev–Trinajstić information content (AvgIpc) is 2.84. The van der Waals surface area contributed by atoms with Crippen molar-refractivity contribution in [3.63, 3.8) is 0 Å². The monoisotopic (exact) mass is 300 g/mol. The van der Waals surface area contributed by atoms with Crippen molar-refractivity contribution < 1.29 is 5.11 Å². The van der Waals surface area contributed by atoms with E-state index in [1.54, 1.807) is 11.1 Å². The summed E-state index contributed by atoms with van der Waals surface area (Å²) in [5.41, 5.74) is 4.36. The van der Waals surface area contributed by atoms with Gasteiger partial charge in [0.25, 0.3) is 0 Å². The molecule has 0 radical (unpaired) electrons. The molecule has 3 fully saturated rings. The number of allylic oxidation sites excluding steroid dienone is 4. The van der Waals surface area contributed by atoms with Crippen LogP contribution in [0.1, 0.15) is 72.1 Å². The van der Waals surface area contributed by atoms with Gasteiger partial charge in [-0.25, -0.2) is 0 Å². The zero-order valence-electron chi connectivity index (χ0n) is 14.6. The van der Waals surface area contributed by atoms with E-state index in [1.807, 2.05) is 0 Å². The van der Waals surface area contributed by atoms with Crippen LogP contribution in [0.2, 0.25) is 0 Å². The van der Waals surface area contributed by atoms with Crippen LogP contribution < -0.4 is 0 Å². The molecule has 0 saturated heterocycles. The molecule has 4 rings (SSSR count). The molecular weight excluding hydrogens is 268 g/mol. The Kier molecular flexibility index (Phi) is 3.39. The van der Waals surface area contributed by atoms with E-state index in [-0.39, 0.29) is 6.10 Å². The van der Waals surface area contributed by atoms with Crippen LogP contribution in [0.5, 0.6) is 0 Å². The summed E-state index contributed by atoms with van der Waals surface area (Å²) in [6.07, 6.45) is 15.0. The Labute approximate surface area is 135 Å². The van der Waals surface area contributed by atoms with Gasteiger partial charge in [0.2, 0.25) is 0 Å². The molecule has 0 spiro atoms. The Morgan fingerprint density at radius 1 is 1.14 bits per heavy atom. The van der Waals surface area contributed by atoms with Gasteiger partial charge in [-0.3, -0.25) is 0 Å². The van der Waals surface area contributed by atoms with Crippen LogP contribution in [0, 0.1) is 28.6 Å². The summed E-state index contributed by atoms with van der Waals surface area (Å²) in [5, 5.41) is 10.1. The van der Waals surface area contributed by atoms with Gasteiger partial charge in [-0.05, 0) is 86.9 Å². The first kappa shape index (κ1) is 15.0. The van der Waals surface area contributed by atoms with E-state index in [0.29, 0.717) is 10.8 Å². The lowest BCUT2D eigenvalue weighted by Gasteiger charge is -2.56. The summed E-state index contributed by atoms with van der Waals surface area (Å²) < 4.78 is 0. The number of rotatable bonds is 0. The van der Waals surface area contributed by atoms with Crippen molar-refractivity contribution in [3.8, 4) is 0 Å². The van der Waals surface area contributed by atoms with Gasteiger partial charge in [0, 0.05) is 0 Å². The number of hydrogen-bond donors (Lipinski definition) is 1. The molecule has 3 unspecified atom stereocenters. The second kappa shape index (κ2) is 4.97. The first-order valence-corrected chi connectivity index (χ1v) is 9.53. The molecule has 0 bridgehead atoms. The molecule has 0 aliphatic heterocycles. The molecule has 1 heteroatoms. The first-order valence-electron chi connectivity index (χ1n) is 9.53. The van der Waals surface area contributed by atoms with Gasteiger partial charge in [0.15, 0.2) is 0 Å². The van der Waals surface area contributed by atoms with Crippen molar-refractivity contribution in [2.24, 2.45) is 28.6 Å². The quantitative estimate of drug-likeness (QED) is 0.605. The molecule has 0 amide bonds. The molecule has 0 aromatic carbocycles. The molecule has 0 aromatic rings. The van der Waals surface area contributed by atoms with E-state index in [9.17, 15) is 5.11 Å². The molecule has 4 aliphatic rings. The largest absolute Gasteiger partial charge is 0.393 e. The molecule has 6 atom stereocenters. The first-order chi connectivity index (χ1) is 10.5. The van der Waals surface area contributed by atoms with E-state index in [1.165, 1.54) is 38.5 Å². The van der Waals surface area contributed by atoms with Crippen LogP contribution in [0.3, 0.4) is 0 Å². The number of aliphatic hydroxyl groups excluding tert-OH is 1. The maximum Gasteiger partial charge on any atom is 0.0543 e. The third-order valence-electron chi connectivity index (χ3n) is 8.20. The minimum Gasteiger partial charge on any atom is -0.393 e. The lowest BCUT2D eigenvalue weighted by molar-refractivity contribution is -0.00472. The average molecular weight is 300 g/mol. The highest BCUT2D eigenvalue weighted by Gasteiger charge is 2.55. The molecule has 3 saturated carbocycles. The SMILES string of the molecule is C/C=C1/CCC2C3CC[C@@H]4C[C@@H](O)CC[C@]4(C)C3=CCC12C. The predicted molar refractivity (Wildman–Crippen MR) is 91.5 cm³/mol. The zero-order chi connectivity index (χ0) is 15.5. The number of hydrogen-bond acceptors (Lipinski definition) is 1. The Bertz CT molecular complexity index is 530. The van der Waals surface area contributed by atoms with Crippen LogP contribution in [0.25, 0.3) is 0 Å². The van der Waals surface area contributed by atoms with Gasteiger partial charge in [0.05, 0.1) is 6.10 Å². The summed E-state index contributed by atoms with van der Waals surface area (Å²) in [7, 11) is 0. The summed E-state index contributed by atoms with van der Waals surface area (Å²) in [6.45, 7) is 7.30. The minimum absolute atomic E-state index is 0.0369. The smallest absolute Gasteiger partial charge is 0.0543 e. The third kappa shape index (κ3) is 1.87. The van der Waals surface area contributed by atoms with E-state index >= 15 is 0 Å². The highest BCUT2D eigenvalue weighted by Crippen LogP contribution is 2.65. The maximum absolute atomic E-state index is 10.1. The molecular formula is C21H32O. The second-order valence-electron chi connectivity index (χ2n) is 8.97. The second-order valence-corrected chi connectivity index (χ2v) is 8.97. The van der Waals surface area contributed by atoms with Gasteiger partial charge in [-0.1, -0.05) is 37.1 Å². The molecule has 4 aliphatic carbocycles. The molecule has 22 heavy (non-hydrogen) atoms. The molecule has 0 aromatic heterocycles. The van der Waals surface area contributed by atoms with Crippen LogP contribution in [0.15, 0.2) is 23.3 Å². The lowest BCUT2D eigenvalue weighted by Crippen LogP contribution is -2.47. The van der Waals surface area contributed by atoms with Gasteiger partial charge in [0.1, 0.15) is 0 Å². The highest BCUT2D eigenvalue weighted by atomic mass is 16.3. The van der Waals surface area contributed by atoms with E-state index in [4.69, 9.17) is 0 Å². The van der Waals surface area contributed by atoms with Gasteiger partial charge < -0.3 is 5.11 Å². The van der Waals surface area contributed by atoms with Crippen molar-refractivity contribution >= 4 is 0 Å². The van der Waals surface area contributed by atoms with Crippen LogP contribution in [0.4, 0.5) is 0 Å². The summed E-state index contributed by atoms with van der Waals surface area (Å²) >= 11 is 0. The van der Waals surface area contributed by atoms with Crippen molar-refractivity contribution in [2.75, 3.05) is 0 Å². The van der Waals surface area contributed by atoms with Crippen molar-refractivity contribution in [3.05, 3.63) is 23.3 Å². The third-order valence-corrected chi connectivity index (χ3v) is 8.20. The van der Waals surface area contributed by atoms with Crippen LogP contribution >= 0.6 is 0 Å². The van der Waals surface area contributed by atoms with E-state index < -0.39 is 0 Å². The Morgan fingerprint density at radius 2 is 1.95 bits per heavy atom. The van der Waals surface area contributed by atoms with Crippen molar-refractivity contribution in [1.82, 2.24) is 0 Å². The van der Waals surface area contributed by atoms with Crippen LogP contribution in [-0.2, 0) is 0 Å².